The highest BCUT2D eigenvalue weighted by Gasteiger charge is 2.34. The molecule has 2 heteroatoms. The Morgan fingerprint density at radius 2 is 2.12 bits per heavy atom. The summed E-state index contributed by atoms with van der Waals surface area (Å²) in [6.07, 6.45) is 3.48. The number of carbonyl (C=O) groups excluding carboxylic acids is 1. The molecule has 0 amide bonds. The molecular weight excluding hydrogens is 212 g/mol. The van der Waals surface area contributed by atoms with E-state index < -0.39 is 0 Å². The summed E-state index contributed by atoms with van der Waals surface area (Å²) in [5.41, 5.74) is 2.11. The van der Waals surface area contributed by atoms with Gasteiger partial charge in [0.25, 0.3) is 0 Å². The van der Waals surface area contributed by atoms with Crippen LogP contribution in [-0.4, -0.2) is 5.78 Å². The molecule has 0 saturated heterocycles. The summed E-state index contributed by atoms with van der Waals surface area (Å²) in [5.74, 6) is 2.38. The van der Waals surface area contributed by atoms with Gasteiger partial charge >= 0.3 is 0 Å². The van der Waals surface area contributed by atoms with Crippen molar-refractivity contribution >= 4 is 5.78 Å². The van der Waals surface area contributed by atoms with Crippen LogP contribution in [0.4, 0.5) is 0 Å². The second-order valence-electron chi connectivity index (χ2n) is 4.71. The maximum Gasteiger partial charge on any atom is 0.162 e. The highest BCUT2D eigenvalue weighted by molar-refractivity contribution is 5.98. The number of rotatable bonds is 1. The Hall–Kier alpha value is -1.57. The summed E-state index contributed by atoms with van der Waals surface area (Å²) in [7, 11) is 0. The highest BCUT2D eigenvalue weighted by atomic mass is 16.5. The molecule has 0 bridgehead atoms. The quantitative estimate of drug-likeness (QED) is 0.734. The van der Waals surface area contributed by atoms with E-state index in [4.69, 9.17) is 4.74 Å². The van der Waals surface area contributed by atoms with Crippen LogP contribution in [0.25, 0.3) is 0 Å². The lowest BCUT2D eigenvalue weighted by molar-refractivity contribution is -0.116. The number of hydrogen-bond donors (Lipinski definition) is 0. The molecular formula is C15H16O2. The molecule has 1 aromatic carbocycles. The van der Waals surface area contributed by atoms with Gasteiger partial charge in [0.2, 0.25) is 0 Å². The minimum Gasteiger partial charge on any atom is -0.461 e. The van der Waals surface area contributed by atoms with Crippen LogP contribution in [0.2, 0.25) is 0 Å². The Labute approximate surface area is 101 Å². The van der Waals surface area contributed by atoms with Crippen LogP contribution >= 0.6 is 0 Å². The smallest absolute Gasteiger partial charge is 0.162 e. The van der Waals surface area contributed by atoms with Crippen LogP contribution in [0.1, 0.15) is 44.1 Å². The summed E-state index contributed by atoms with van der Waals surface area (Å²) in [6.45, 7) is 2.14. The summed E-state index contributed by atoms with van der Waals surface area (Å²) in [4.78, 5) is 12.1. The lowest BCUT2D eigenvalue weighted by atomic mass is 9.79. The van der Waals surface area contributed by atoms with Crippen molar-refractivity contribution in [2.45, 2.75) is 38.5 Å². The second-order valence-corrected chi connectivity index (χ2v) is 4.71. The third kappa shape index (κ3) is 1.59. The van der Waals surface area contributed by atoms with Crippen LogP contribution in [0.15, 0.2) is 35.6 Å². The van der Waals surface area contributed by atoms with E-state index in [0.29, 0.717) is 6.42 Å². The van der Waals surface area contributed by atoms with Crippen LogP contribution in [0.5, 0.6) is 5.75 Å². The van der Waals surface area contributed by atoms with Crippen LogP contribution in [0.3, 0.4) is 0 Å². The Kier molecular flexibility index (Phi) is 2.50. The number of ketones is 1. The number of ether oxygens (including phenoxy) is 1. The fraction of sp³-hybridized carbons (Fsp3) is 0.400. The van der Waals surface area contributed by atoms with E-state index in [1.54, 1.807) is 0 Å². The number of hydrogen-bond acceptors (Lipinski definition) is 2. The summed E-state index contributed by atoms with van der Waals surface area (Å²) in [6, 6.07) is 8.08. The van der Waals surface area contributed by atoms with Crippen molar-refractivity contribution in [3.05, 3.63) is 41.2 Å². The second kappa shape index (κ2) is 4.02. The molecule has 2 aliphatic rings. The molecule has 0 spiro atoms. The van der Waals surface area contributed by atoms with Gasteiger partial charge in [0, 0.05) is 29.9 Å². The van der Waals surface area contributed by atoms with E-state index in [9.17, 15) is 4.79 Å². The summed E-state index contributed by atoms with van der Waals surface area (Å²) < 4.78 is 5.90. The number of para-hydroxylation sites is 1. The van der Waals surface area contributed by atoms with E-state index in [1.165, 1.54) is 5.56 Å². The van der Waals surface area contributed by atoms with Crippen molar-refractivity contribution in [3.8, 4) is 5.75 Å². The van der Waals surface area contributed by atoms with Gasteiger partial charge in [-0.3, -0.25) is 4.79 Å². The average Bonchev–Trinajstić information content (AvgIpc) is 2.36. The zero-order valence-electron chi connectivity index (χ0n) is 10.0. The molecule has 17 heavy (non-hydrogen) atoms. The molecule has 1 unspecified atom stereocenters. The molecule has 1 aliphatic carbocycles. The van der Waals surface area contributed by atoms with Crippen LogP contribution in [0, 0.1) is 0 Å². The first-order valence-electron chi connectivity index (χ1n) is 6.34. The molecule has 0 radical (unpaired) electrons. The molecule has 2 nitrogen and oxygen atoms in total. The van der Waals surface area contributed by atoms with E-state index in [-0.39, 0.29) is 11.7 Å². The lowest BCUT2D eigenvalue weighted by Gasteiger charge is -2.31. The first-order chi connectivity index (χ1) is 8.31. The summed E-state index contributed by atoms with van der Waals surface area (Å²) in [5, 5.41) is 0. The number of allylic oxidation sites excluding steroid dienone is 2. The van der Waals surface area contributed by atoms with Gasteiger partial charge in [0.15, 0.2) is 5.78 Å². The van der Waals surface area contributed by atoms with E-state index in [1.807, 2.05) is 18.2 Å². The van der Waals surface area contributed by atoms with Gasteiger partial charge < -0.3 is 4.74 Å². The first-order valence-corrected chi connectivity index (χ1v) is 6.34. The minimum absolute atomic E-state index is 0.239. The monoisotopic (exact) mass is 228 g/mol. The number of carbonyl (C=O) groups is 1. The Balaban J connectivity index is 2.13. The van der Waals surface area contributed by atoms with Gasteiger partial charge in [0.05, 0.1) is 0 Å². The molecule has 88 valence electrons. The number of benzene rings is 1. The van der Waals surface area contributed by atoms with Crippen molar-refractivity contribution in [2.75, 3.05) is 0 Å². The van der Waals surface area contributed by atoms with Gasteiger partial charge in [-0.05, 0) is 18.9 Å². The molecule has 3 rings (SSSR count). The average molecular weight is 228 g/mol. The Morgan fingerprint density at radius 1 is 1.29 bits per heavy atom. The van der Waals surface area contributed by atoms with Crippen molar-refractivity contribution in [1.29, 1.82) is 0 Å². The van der Waals surface area contributed by atoms with Gasteiger partial charge in [0.1, 0.15) is 11.5 Å². The van der Waals surface area contributed by atoms with E-state index in [0.717, 1.165) is 36.3 Å². The molecule has 1 aromatic rings. The van der Waals surface area contributed by atoms with Gasteiger partial charge in [-0.1, -0.05) is 25.1 Å². The maximum atomic E-state index is 12.1. The van der Waals surface area contributed by atoms with Gasteiger partial charge in [-0.25, -0.2) is 0 Å². The Bertz CT molecular complexity index is 499. The van der Waals surface area contributed by atoms with Gasteiger partial charge in [-0.15, -0.1) is 0 Å². The fourth-order valence-electron chi connectivity index (χ4n) is 2.90. The van der Waals surface area contributed by atoms with Crippen molar-refractivity contribution in [3.63, 3.8) is 0 Å². The lowest BCUT2D eigenvalue weighted by Crippen LogP contribution is -2.24. The third-order valence-corrected chi connectivity index (χ3v) is 3.69. The molecule has 1 aliphatic heterocycles. The summed E-state index contributed by atoms with van der Waals surface area (Å²) >= 11 is 0. The number of fused-ring (bicyclic) bond motifs is 1. The van der Waals surface area contributed by atoms with E-state index >= 15 is 0 Å². The highest BCUT2D eigenvalue weighted by Crippen LogP contribution is 2.44. The zero-order chi connectivity index (χ0) is 11.8. The molecule has 0 aromatic heterocycles. The predicted molar refractivity (Wildman–Crippen MR) is 66.0 cm³/mol. The third-order valence-electron chi connectivity index (χ3n) is 3.69. The normalized spacial score (nSPS) is 22.9. The molecule has 0 N–H and O–H groups in total. The predicted octanol–water partition coefficient (Wildman–Crippen LogP) is 3.58. The van der Waals surface area contributed by atoms with Crippen LogP contribution < -0.4 is 4.74 Å². The molecule has 1 atom stereocenters. The SMILES string of the molecule is CCC1C2=C(CCCC2=O)Oc2ccccc21. The minimum atomic E-state index is 0.239. The van der Waals surface area contributed by atoms with Crippen molar-refractivity contribution in [1.82, 2.24) is 0 Å². The first kappa shape index (κ1) is 10.6. The zero-order valence-corrected chi connectivity index (χ0v) is 10.0. The van der Waals surface area contributed by atoms with Crippen molar-refractivity contribution < 1.29 is 9.53 Å². The van der Waals surface area contributed by atoms with Crippen LogP contribution in [-0.2, 0) is 4.79 Å². The standard InChI is InChI=1S/C15H16O2/c1-2-10-11-6-3-4-8-13(11)17-14-9-5-7-12(16)15(10)14/h3-4,6,8,10H,2,5,7,9H2,1H3. The van der Waals surface area contributed by atoms with Crippen molar-refractivity contribution in [2.24, 2.45) is 0 Å². The molecule has 0 saturated carbocycles. The van der Waals surface area contributed by atoms with Gasteiger partial charge in [-0.2, -0.15) is 0 Å². The Morgan fingerprint density at radius 3 is 2.94 bits per heavy atom. The molecule has 0 fully saturated rings. The largest absolute Gasteiger partial charge is 0.461 e. The topological polar surface area (TPSA) is 26.3 Å². The van der Waals surface area contributed by atoms with E-state index in [2.05, 4.69) is 13.0 Å². The number of Topliss-reactive ketones (excluding diaryl/α,β-unsaturated/α-hetero) is 1. The maximum absolute atomic E-state index is 12.1. The molecule has 1 heterocycles. The fourth-order valence-corrected chi connectivity index (χ4v) is 2.90.